The maximum absolute atomic E-state index is 12.4. The van der Waals surface area contributed by atoms with Gasteiger partial charge in [-0.1, -0.05) is 24.3 Å². The number of hydrogen-bond donors (Lipinski definition) is 2. The molecule has 6 heteroatoms. The van der Waals surface area contributed by atoms with Crippen molar-refractivity contribution in [1.82, 2.24) is 4.90 Å². The third-order valence-electron chi connectivity index (χ3n) is 3.90. The highest BCUT2D eigenvalue weighted by Crippen LogP contribution is 2.27. The van der Waals surface area contributed by atoms with E-state index in [0.29, 0.717) is 26.2 Å². The fraction of sp³-hybridized carbons (Fsp3) is 0.235. The van der Waals surface area contributed by atoms with Crippen molar-refractivity contribution in [3.05, 3.63) is 53.0 Å². The van der Waals surface area contributed by atoms with Crippen LogP contribution in [0.5, 0.6) is 5.75 Å². The van der Waals surface area contributed by atoms with E-state index in [1.165, 1.54) is 0 Å². The molecule has 23 heavy (non-hydrogen) atoms. The third kappa shape index (κ3) is 3.59. The zero-order valence-electron chi connectivity index (χ0n) is 12.6. The van der Waals surface area contributed by atoms with Crippen LogP contribution in [0.4, 0.5) is 16.2 Å². The van der Waals surface area contributed by atoms with E-state index in [2.05, 4.69) is 26.1 Å². The molecule has 1 saturated heterocycles. The molecule has 0 bridgehead atoms. The second kappa shape index (κ2) is 6.91. The first kappa shape index (κ1) is 15.7. The Kier molecular flexibility index (Phi) is 4.71. The van der Waals surface area contributed by atoms with Crippen molar-refractivity contribution in [2.75, 3.05) is 36.4 Å². The van der Waals surface area contributed by atoms with E-state index in [0.717, 1.165) is 15.8 Å². The Morgan fingerprint density at radius 2 is 1.65 bits per heavy atom. The summed E-state index contributed by atoms with van der Waals surface area (Å²) in [5.41, 5.74) is 1.58. The zero-order valence-corrected chi connectivity index (χ0v) is 14.2. The minimum Gasteiger partial charge on any atom is -0.506 e. The molecule has 5 nitrogen and oxygen atoms in total. The molecule has 1 aliphatic heterocycles. The van der Waals surface area contributed by atoms with Crippen LogP contribution in [0.2, 0.25) is 0 Å². The Labute approximate surface area is 143 Å². The summed E-state index contributed by atoms with van der Waals surface area (Å²) in [6, 6.07) is 14.7. The lowest BCUT2D eigenvalue weighted by atomic mass is 10.2. The van der Waals surface area contributed by atoms with E-state index < -0.39 is 0 Å². The first-order valence-corrected chi connectivity index (χ1v) is 8.28. The van der Waals surface area contributed by atoms with Gasteiger partial charge in [-0.25, -0.2) is 4.79 Å². The lowest BCUT2D eigenvalue weighted by Crippen LogP contribution is -2.50. The van der Waals surface area contributed by atoms with Crippen molar-refractivity contribution in [1.29, 1.82) is 0 Å². The van der Waals surface area contributed by atoms with Crippen molar-refractivity contribution in [2.45, 2.75) is 0 Å². The highest BCUT2D eigenvalue weighted by Gasteiger charge is 2.22. The summed E-state index contributed by atoms with van der Waals surface area (Å²) >= 11 is 3.43. The van der Waals surface area contributed by atoms with E-state index in [1.54, 1.807) is 17.0 Å². The third-order valence-corrected chi connectivity index (χ3v) is 4.60. The van der Waals surface area contributed by atoms with Gasteiger partial charge in [0.1, 0.15) is 5.75 Å². The van der Waals surface area contributed by atoms with Crippen molar-refractivity contribution in [3.63, 3.8) is 0 Å². The van der Waals surface area contributed by atoms with Crippen molar-refractivity contribution in [2.24, 2.45) is 0 Å². The normalized spacial score (nSPS) is 14.7. The minimum atomic E-state index is -0.103. The number of carbonyl (C=O) groups is 1. The molecule has 3 rings (SSSR count). The van der Waals surface area contributed by atoms with E-state index in [4.69, 9.17) is 0 Å². The molecule has 0 radical (unpaired) electrons. The van der Waals surface area contributed by atoms with Crippen LogP contribution in [0.3, 0.4) is 0 Å². The maximum Gasteiger partial charge on any atom is 0.321 e. The summed E-state index contributed by atoms with van der Waals surface area (Å²) in [4.78, 5) is 16.2. The number of amides is 2. The fourth-order valence-electron chi connectivity index (χ4n) is 2.64. The van der Waals surface area contributed by atoms with Gasteiger partial charge >= 0.3 is 6.03 Å². The quantitative estimate of drug-likeness (QED) is 0.844. The number of anilines is 2. The van der Waals surface area contributed by atoms with Gasteiger partial charge in [-0.3, -0.25) is 0 Å². The molecular weight excluding hydrogens is 358 g/mol. The summed E-state index contributed by atoms with van der Waals surface area (Å²) in [5.74, 6) is 0.276. The molecule has 0 aliphatic carbocycles. The van der Waals surface area contributed by atoms with Gasteiger partial charge in [-0.05, 0) is 40.2 Å². The number of phenolic OH excluding ortho intramolecular Hbond substituents is 1. The van der Waals surface area contributed by atoms with Gasteiger partial charge in [-0.15, -0.1) is 0 Å². The topological polar surface area (TPSA) is 55.8 Å². The zero-order chi connectivity index (χ0) is 16.2. The smallest absolute Gasteiger partial charge is 0.321 e. The SMILES string of the molecule is O=C(Nc1ccccc1Br)N1CCN(c2ccccc2O)CC1. The number of hydrogen-bond acceptors (Lipinski definition) is 3. The minimum absolute atomic E-state index is 0.103. The second-order valence-electron chi connectivity index (χ2n) is 5.37. The summed E-state index contributed by atoms with van der Waals surface area (Å²) in [6.45, 7) is 2.62. The first-order chi connectivity index (χ1) is 11.1. The van der Waals surface area contributed by atoms with Gasteiger partial charge in [0.15, 0.2) is 0 Å². The molecule has 2 aromatic carbocycles. The average molecular weight is 376 g/mol. The van der Waals surface area contributed by atoms with Crippen LogP contribution in [0.1, 0.15) is 0 Å². The van der Waals surface area contributed by atoms with Gasteiger partial charge in [0, 0.05) is 30.7 Å². The highest BCUT2D eigenvalue weighted by molar-refractivity contribution is 9.10. The molecule has 0 aromatic heterocycles. The molecular formula is C17H18BrN3O2. The molecule has 0 atom stereocenters. The number of nitrogens with zero attached hydrogens (tertiary/aromatic N) is 2. The van der Waals surface area contributed by atoms with Crippen LogP contribution < -0.4 is 10.2 Å². The van der Waals surface area contributed by atoms with Crippen molar-refractivity contribution >= 4 is 33.3 Å². The van der Waals surface area contributed by atoms with Crippen LogP contribution in [0, 0.1) is 0 Å². The first-order valence-electron chi connectivity index (χ1n) is 7.48. The number of para-hydroxylation sites is 3. The number of benzene rings is 2. The van der Waals surface area contributed by atoms with Gasteiger partial charge < -0.3 is 20.2 Å². The van der Waals surface area contributed by atoms with Crippen LogP contribution in [-0.2, 0) is 0 Å². The number of phenols is 1. The highest BCUT2D eigenvalue weighted by atomic mass is 79.9. The molecule has 0 unspecified atom stereocenters. The summed E-state index contributed by atoms with van der Waals surface area (Å²) in [7, 11) is 0. The summed E-state index contributed by atoms with van der Waals surface area (Å²) < 4.78 is 0.862. The van der Waals surface area contributed by atoms with Crippen LogP contribution >= 0.6 is 15.9 Å². The lowest BCUT2D eigenvalue weighted by Gasteiger charge is -2.36. The van der Waals surface area contributed by atoms with Gasteiger partial charge in [-0.2, -0.15) is 0 Å². The van der Waals surface area contributed by atoms with Crippen molar-refractivity contribution in [3.8, 4) is 5.75 Å². The average Bonchev–Trinajstić information content (AvgIpc) is 2.57. The van der Waals surface area contributed by atoms with E-state index >= 15 is 0 Å². The largest absolute Gasteiger partial charge is 0.506 e. The lowest BCUT2D eigenvalue weighted by molar-refractivity contribution is 0.208. The molecule has 2 amide bonds. The Hall–Kier alpha value is -2.21. The Morgan fingerprint density at radius 1 is 1.00 bits per heavy atom. The summed E-state index contributed by atoms with van der Waals surface area (Å²) in [5, 5.41) is 12.8. The van der Waals surface area contributed by atoms with E-state index in [1.807, 2.05) is 36.4 Å². The standard InChI is InChI=1S/C17H18BrN3O2/c18-13-5-1-2-6-14(13)19-17(23)21-11-9-20(10-12-21)15-7-3-4-8-16(15)22/h1-8,22H,9-12H2,(H,19,23). The monoisotopic (exact) mass is 375 g/mol. The fourth-order valence-corrected chi connectivity index (χ4v) is 3.02. The van der Waals surface area contributed by atoms with Crippen LogP contribution in [0.25, 0.3) is 0 Å². The molecule has 1 heterocycles. The molecule has 2 N–H and O–H groups in total. The number of halogens is 1. The van der Waals surface area contributed by atoms with E-state index in [9.17, 15) is 9.90 Å². The van der Waals surface area contributed by atoms with Crippen molar-refractivity contribution < 1.29 is 9.90 Å². The predicted octanol–water partition coefficient (Wildman–Crippen LogP) is 3.51. The number of rotatable bonds is 2. The number of nitrogens with one attached hydrogen (secondary N) is 1. The molecule has 120 valence electrons. The summed E-state index contributed by atoms with van der Waals surface area (Å²) in [6.07, 6.45) is 0. The van der Waals surface area contributed by atoms with Crippen LogP contribution in [0.15, 0.2) is 53.0 Å². The molecule has 0 spiro atoms. The maximum atomic E-state index is 12.4. The number of aromatic hydroxyl groups is 1. The number of carbonyl (C=O) groups excluding carboxylic acids is 1. The van der Waals surface area contributed by atoms with Gasteiger partial charge in [0.2, 0.25) is 0 Å². The Morgan fingerprint density at radius 3 is 2.35 bits per heavy atom. The second-order valence-corrected chi connectivity index (χ2v) is 6.23. The Balaban J connectivity index is 1.60. The molecule has 0 saturated carbocycles. The molecule has 2 aromatic rings. The molecule has 1 fully saturated rings. The Bertz CT molecular complexity index is 700. The molecule has 1 aliphatic rings. The van der Waals surface area contributed by atoms with Gasteiger partial charge in [0.05, 0.1) is 11.4 Å². The number of piperazine rings is 1. The number of urea groups is 1. The van der Waals surface area contributed by atoms with E-state index in [-0.39, 0.29) is 11.8 Å². The van der Waals surface area contributed by atoms with Crippen LogP contribution in [-0.4, -0.2) is 42.2 Å². The predicted molar refractivity (Wildman–Crippen MR) is 95.1 cm³/mol. The van der Waals surface area contributed by atoms with Gasteiger partial charge in [0.25, 0.3) is 0 Å².